The van der Waals surface area contributed by atoms with E-state index in [0.717, 1.165) is 24.2 Å². The van der Waals surface area contributed by atoms with E-state index in [1.165, 1.54) is 0 Å². The number of sulfonamides is 1. The lowest BCUT2D eigenvalue weighted by Gasteiger charge is -2.29. The molecule has 4 nitrogen and oxygen atoms in total. The minimum absolute atomic E-state index is 0. The van der Waals surface area contributed by atoms with Crippen molar-refractivity contribution >= 4 is 34.2 Å². The van der Waals surface area contributed by atoms with Crippen LogP contribution in [-0.2, 0) is 10.0 Å². The molecule has 1 aliphatic carbocycles. The van der Waals surface area contributed by atoms with Gasteiger partial charge in [-0.15, -0.1) is 24.2 Å². The Balaban J connectivity index is 0.00000176. The number of halogens is 1. The van der Waals surface area contributed by atoms with E-state index in [2.05, 4.69) is 0 Å². The summed E-state index contributed by atoms with van der Waals surface area (Å²) in [4.78, 5) is 1.38. The zero-order valence-electron chi connectivity index (χ0n) is 12.6. The average molecular weight is 363 g/mol. The first-order valence-electron chi connectivity index (χ1n) is 7.42. The molecule has 0 bridgehead atoms. The smallest absolute Gasteiger partial charge is 0.243 e. The Morgan fingerprint density at radius 3 is 2.73 bits per heavy atom. The lowest BCUT2D eigenvalue weighted by molar-refractivity contribution is 0.260. The predicted octanol–water partition coefficient (Wildman–Crippen LogP) is 2.58. The second-order valence-corrected chi connectivity index (χ2v) is 8.84. The van der Waals surface area contributed by atoms with Crippen LogP contribution in [0, 0.1) is 11.8 Å². The maximum atomic E-state index is 12.8. The standard InChI is InChI=1S/C15H22N2O2S2.ClH/c1-20-12-5-3-6-13(8-12)21(18,19)17-9-11-4-2-7-15(16)14(11)10-17;/h3,5-6,8,11,14-15H,2,4,7,9-10,16H2,1H3;1H. The van der Waals surface area contributed by atoms with Crippen LogP contribution >= 0.6 is 24.2 Å². The summed E-state index contributed by atoms with van der Waals surface area (Å²) in [6, 6.07) is 7.36. The average Bonchev–Trinajstić information content (AvgIpc) is 2.94. The van der Waals surface area contributed by atoms with E-state index in [-0.39, 0.29) is 18.4 Å². The Kier molecular flexibility index (Phi) is 5.83. The first-order valence-corrected chi connectivity index (χ1v) is 10.1. The summed E-state index contributed by atoms with van der Waals surface area (Å²) in [5.74, 6) is 0.768. The van der Waals surface area contributed by atoms with Crippen LogP contribution in [-0.4, -0.2) is 38.1 Å². The molecule has 1 aromatic carbocycles. The van der Waals surface area contributed by atoms with E-state index in [1.54, 1.807) is 28.2 Å². The SMILES string of the molecule is CSc1cccc(S(=O)(=O)N2CC3CCCC(N)C3C2)c1.Cl. The van der Waals surface area contributed by atoms with Gasteiger partial charge in [-0.25, -0.2) is 8.42 Å². The summed E-state index contributed by atoms with van der Waals surface area (Å²) in [6.07, 6.45) is 5.21. The third-order valence-electron chi connectivity index (χ3n) is 4.80. The summed E-state index contributed by atoms with van der Waals surface area (Å²) in [5.41, 5.74) is 6.18. The van der Waals surface area contributed by atoms with Gasteiger partial charge in [0.15, 0.2) is 0 Å². The number of rotatable bonds is 3. The fourth-order valence-corrected chi connectivity index (χ4v) is 5.70. The Morgan fingerprint density at radius 1 is 1.27 bits per heavy atom. The largest absolute Gasteiger partial charge is 0.327 e. The van der Waals surface area contributed by atoms with E-state index >= 15 is 0 Å². The number of nitrogens with zero attached hydrogens (tertiary/aromatic N) is 1. The van der Waals surface area contributed by atoms with Gasteiger partial charge in [-0.1, -0.05) is 12.5 Å². The molecule has 0 aromatic heterocycles. The van der Waals surface area contributed by atoms with Gasteiger partial charge in [0.2, 0.25) is 10.0 Å². The highest BCUT2D eigenvalue weighted by Crippen LogP contribution is 2.38. The predicted molar refractivity (Wildman–Crippen MR) is 93.0 cm³/mol. The van der Waals surface area contributed by atoms with Gasteiger partial charge < -0.3 is 5.73 Å². The first-order chi connectivity index (χ1) is 10.0. The Hall–Kier alpha value is -0.270. The lowest BCUT2D eigenvalue weighted by atomic mass is 9.78. The first kappa shape index (κ1) is 18.1. The van der Waals surface area contributed by atoms with E-state index in [9.17, 15) is 8.42 Å². The summed E-state index contributed by atoms with van der Waals surface area (Å²) in [7, 11) is -3.39. The van der Waals surface area contributed by atoms with Crippen LogP contribution in [0.3, 0.4) is 0 Å². The highest BCUT2D eigenvalue weighted by Gasteiger charge is 2.43. The van der Waals surface area contributed by atoms with Crippen molar-refractivity contribution in [2.24, 2.45) is 17.6 Å². The molecule has 22 heavy (non-hydrogen) atoms. The highest BCUT2D eigenvalue weighted by atomic mass is 35.5. The van der Waals surface area contributed by atoms with Gasteiger partial charge >= 0.3 is 0 Å². The third-order valence-corrected chi connectivity index (χ3v) is 7.35. The molecule has 3 rings (SSSR count). The second-order valence-electron chi connectivity index (χ2n) is 6.02. The molecule has 3 atom stereocenters. The number of nitrogens with two attached hydrogens (primary N) is 1. The van der Waals surface area contributed by atoms with Gasteiger partial charge in [0, 0.05) is 24.0 Å². The summed E-state index contributed by atoms with van der Waals surface area (Å²) in [5, 5.41) is 0. The lowest BCUT2D eigenvalue weighted by Crippen LogP contribution is -2.38. The highest BCUT2D eigenvalue weighted by molar-refractivity contribution is 7.98. The van der Waals surface area contributed by atoms with Crippen LogP contribution in [0.5, 0.6) is 0 Å². The molecule has 1 aromatic rings. The zero-order valence-corrected chi connectivity index (χ0v) is 15.1. The van der Waals surface area contributed by atoms with Crippen molar-refractivity contribution in [2.75, 3.05) is 19.3 Å². The minimum atomic E-state index is -3.39. The Morgan fingerprint density at radius 2 is 2.05 bits per heavy atom. The fraction of sp³-hybridized carbons (Fsp3) is 0.600. The van der Waals surface area contributed by atoms with Gasteiger partial charge in [0.05, 0.1) is 4.90 Å². The van der Waals surface area contributed by atoms with E-state index < -0.39 is 10.0 Å². The zero-order chi connectivity index (χ0) is 15.0. The van der Waals surface area contributed by atoms with Crippen LogP contribution in [0.1, 0.15) is 19.3 Å². The third kappa shape index (κ3) is 3.31. The second kappa shape index (κ2) is 7.09. The molecule has 1 aliphatic heterocycles. The number of hydrogen-bond donors (Lipinski definition) is 1. The van der Waals surface area contributed by atoms with Gasteiger partial charge in [-0.3, -0.25) is 0 Å². The molecule has 2 fully saturated rings. The monoisotopic (exact) mass is 362 g/mol. The van der Waals surface area contributed by atoms with E-state index in [4.69, 9.17) is 5.73 Å². The van der Waals surface area contributed by atoms with Crippen molar-refractivity contribution in [3.8, 4) is 0 Å². The van der Waals surface area contributed by atoms with Crippen LogP contribution in [0.15, 0.2) is 34.1 Å². The maximum absolute atomic E-state index is 12.8. The van der Waals surface area contributed by atoms with Crippen molar-refractivity contribution in [1.82, 2.24) is 4.31 Å². The molecule has 1 heterocycles. The van der Waals surface area contributed by atoms with Crippen molar-refractivity contribution in [1.29, 1.82) is 0 Å². The quantitative estimate of drug-likeness (QED) is 0.839. The van der Waals surface area contributed by atoms with Crippen molar-refractivity contribution in [2.45, 2.75) is 35.1 Å². The van der Waals surface area contributed by atoms with Gasteiger partial charge in [-0.05, 0) is 49.1 Å². The molecule has 3 unspecified atom stereocenters. The molecule has 7 heteroatoms. The summed E-state index contributed by atoms with van der Waals surface area (Å²) >= 11 is 1.56. The normalized spacial score (nSPS) is 28.9. The Bertz CT molecular complexity index is 624. The summed E-state index contributed by atoms with van der Waals surface area (Å²) in [6.45, 7) is 1.21. The fourth-order valence-electron chi connectivity index (χ4n) is 3.58. The molecule has 2 aliphatic rings. The number of hydrogen-bond acceptors (Lipinski definition) is 4. The molecular formula is C15H23ClN2O2S2. The summed E-state index contributed by atoms with van der Waals surface area (Å²) < 4.78 is 27.3. The molecule has 2 N–H and O–H groups in total. The van der Waals surface area contributed by atoms with Crippen LogP contribution < -0.4 is 5.73 Å². The van der Waals surface area contributed by atoms with Crippen molar-refractivity contribution in [3.63, 3.8) is 0 Å². The molecule has 0 spiro atoms. The van der Waals surface area contributed by atoms with Crippen LogP contribution in [0.25, 0.3) is 0 Å². The molecule has 1 saturated heterocycles. The molecular weight excluding hydrogens is 340 g/mol. The molecule has 0 radical (unpaired) electrons. The Labute approximate surface area is 143 Å². The molecule has 1 saturated carbocycles. The van der Waals surface area contributed by atoms with Gasteiger partial charge in [0.25, 0.3) is 0 Å². The minimum Gasteiger partial charge on any atom is -0.327 e. The van der Waals surface area contributed by atoms with E-state index in [0.29, 0.717) is 29.8 Å². The number of thioether (sulfide) groups is 1. The van der Waals surface area contributed by atoms with Gasteiger partial charge in [-0.2, -0.15) is 4.31 Å². The van der Waals surface area contributed by atoms with Gasteiger partial charge in [0.1, 0.15) is 0 Å². The topological polar surface area (TPSA) is 63.4 Å². The van der Waals surface area contributed by atoms with E-state index in [1.807, 2.05) is 18.4 Å². The maximum Gasteiger partial charge on any atom is 0.243 e. The molecule has 0 amide bonds. The van der Waals surface area contributed by atoms with Crippen molar-refractivity contribution in [3.05, 3.63) is 24.3 Å². The molecule has 124 valence electrons. The van der Waals surface area contributed by atoms with Crippen LogP contribution in [0.4, 0.5) is 0 Å². The number of benzene rings is 1. The number of fused-ring (bicyclic) bond motifs is 1. The van der Waals surface area contributed by atoms with Crippen LogP contribution in [0.2, 0.25) is 0 Å². The van der Waals surface area contributed by atoms with Crippen molar-refractivity contribution < 1.29 is 8.42 Å².